The number of ether oxygens (including phenoxy) is 1. The molecular formula is C25H38N2O3Si. The van der Waals surface area contributed by atoms with Crippen LogP contribution in [0.5, 0.6) is 5.75 Å². The van der Waals surface area contributed by atoms with Crippen LogP contribution in [-0.2, 0) is 15.6 Å². The maximum Gasteiger partial charge on any atom is 0.308 e. The topological polar surface area (TPSA) is 61.3 Å². The summed E-state index contributed by atoms with van der Waals surface area (Å²) in [5.41, 5.74) is 2.07. The van der Waals surface area contributed by atoms with E-state index in [1.165, 1.54) is 38.7 Å². The minimum absolute atomic E-state index is 0.326. The van der Waals surface area contributed by atoms with Crippen molar-refractivity contribution in [3.05, 3.63) is 42.2 Å². The van der Waals surface area contributed by atoms with Crippen molar-refractivity contribution < 1.29 is 14.0 Å². The van der Waals surface area contributed by atoms with Crippen molar-refractivity contribution in [2.45, 2.75) is 91.0 Å². The van der Waals surface area contributed by atoms with Crippen LogP contribution in [0.3, 0.4) is 0 Å². The lowest BCUT2D eigenvalue weighted by Gasteiger charge is -2.27. The largest absolute Gasteiger partial charge is 0.427 e. The summed E-state index contributed by atoms with van der Waals surface area (Å²) in [6.07, 6.45) is 12.4. The molecule has 0 fully saturated rings. The maximum absolute atomic E-state index is 11.0. The molecule has 0 spiro atoms. The first kappa shape index (κ1) is 25.2. The number of carbonyl (C=O) groups is 1. The number of unbranched alkanes of at least 4 members (excludes halogenated alkanes) is 3. The summed E-state index contributed by atoms with van der Waals surface area (Å²) in [6, 6.07) is 8.50. The zero-order chi connectivity index (χ0) is 22.7. The minimum atomic E-state index is -1.49. The Bertz CT molecular complexity index is 791. The molecule has 0 radical (unpaired) electrons. The van der Waals surface area contributed by atoms with Crippen LogP contribution in [0.15, 0.2) is 36.7 Å². The summed E-state index contributed by atoms with van der Waals surface area (Å²) in [6.45, 7) is 10.6. The Labute approximate surface area is 188 Å². The second-order valence-electron chi connectivity index (χ2n) is 8.92. The fraction of sp³-hybridized carbons (Fsp3) is 0.560. The lowest BCUT2D eigenvalue weighted by atomic mass is 10.1. The molecule has 5 nitrogen and oxygen atoms in total. The van der Waals surface area contributed by atoms with E-state index in [2.05, 4.69) is 36.9 Å². The second kappa shape index (κ2) is 12.7. The van der Waals surface area contributed by atoms with E-state index in [0.717, 1.165) is 30.4 Å². The third-order valence-corrected chi connectivity index (χ3v) is 7.91. The van der Waals surface area contributed by atoms with Crippen LogP contribution in [-0.4, -0.2) is 30.4 Å². The van der Waals surface area contributed by atoms with Crippen LogP contribution in [0.4, 0.5) is 0 Å². The number of hydrogen-bond donors (Lipinski definition) is 0. The number of rotatable bonds is 13. The fourth-order valence-electron chi connectivity index (χ4n) is 3.67. The number of carbonyl (C=O) groups excluding carboxylic acids is 1. The van der Waals surface area contributed by atoms with E-state index >= 15 is 0 Å². The molecule has 1 atom stereocenters. The predicted octanol–water partition coefficient (Wildman–Crippen LogP) is 6.58. The molecule has 0 amide bonds. The fourth-order valence-corrected chi connectivity index (χ4v) is 6.20. The molecule has 1 aromatic heterocycles. The van der Waals surface area contributed by atoms with Crippen LogP contribution in [0.25, 0.3) is 11.4 Å². The lowest BCUT2D eigenvalue weighted by molar-refractivity contribution is -0.131. The summed E-state index contributed by atoms with van der Waals surface area (Å²) in [7, 11) is -1.49. The van der Waals surface area contributed by atoms with E-state index in [0.29, 0.717) is 17.7 Å². The molecule has 0 aliphatic heterocycles. The van der Waals surface area contributed by atoms with Gasteiger partial charge in [-0.3, -0.25) is 4.79 Å². The second-order valence-corrected chi connectivity index (χ2v) is 13.2. The Kier molecular flexibility index (Phi) is 10.3. The van der Waals surface area contributed by atoms with Crippen molar-refractivity contribution in [1.29, 1.82) is 0 Å². The highest BCUT2D eigenvalue weighted by atomic mass is 28.4. The summed E-state index contributed by atoms with van der Waals surface area (Å²) in [4.78, 5) is 20.0. The molecule has 0 N–H and O–H groups in total. The minimum Gasteiger partial charge on any atom is -0.427 e. The number of benzene rings is 1. The zero-order valence-corrected chi connectivity index (χ0v) is 20.8. The first-order valence-corrected chi connectivity index (χ1v) is 14.7. The van der Waals surface area contributed by atoms with Gasteiger partial charge in [-0.1, -0.05) is 32.6 Å². The molecule has 0 aliphatic rings. The normalized spacial score (nSPS) is 12.5. The molecule has 6 heteroatoms. The molecule has 1 aromatic carbocycles. The summed E-state index contributed by atoms with van der Waals surface area (Å²) < 4.78 is 11.4. The van der Waals surface area contributed by atoms with E-state index in [9.17, 15) is 4.79 Å². The van der Waals surface area contributed by atoms with Gasteiger partial charge >= 0.3 is 5.97 Å². The van der Waals surface area contributed by atoms with E-state index in [1.807, 2.05) is 24.5 Å². The van der Waals surface area contributed by atoms with Gasteiger partial charge in [0.1, 0.15) is 5.75 Å². The highest BCUT2D eigenvalue weighted by Gasteiger charge is 2.23. The van der Waals surface area contributed by atoms with Gasteiger partial charge in [0.05, 0.1) is 0 Å². The Hall–Kier alpha value is -2.05. The van der Waals surface area contributed by atoms with E-state index in [1.54, 1.807) is 12.1 Å². The molecule has 0 bridgehead atoms. The van der Waals surface area contributed by atoms with Gasteiger partial charge in [0.2, 0.25) is 0 Å². The highest BCUT2D eigenvalue weighted by Crippen LogP contribution is 2.21. The zero-order valence-electron chi connectivity index (χ0n) is 19.8. The van der Waals surface area contributed by atoms with Crippen LogP contribution in [0.2, 0.25) is 19.1 Å². The predicted molar refractivity (Wildman–Crippen MR) is 129 cm³/mol. The SMILES string of the molecule is CCCC[Si](C)(C)OC(C)CCCCCc1cnc(-c2ccc(OC(C)=O)cc2)nc1. The number of nitrogens with zero attached hydrogens (tertiary/aromatic N) is 2. The first-order valence-electron chi connectivity index (χ1n) is 11.6. The third kappa shape index (κ3) is 9.74. The monoisotopic (exact) mass is 442 g/mol. The van der Waals surface area contributed by atoms with E-state index in [4.69, 9.17) is 9.16 Å². The molecule has 2 aromatic rings. The summed E-state index contributed by atoms with van der Waals surface area (Å²) >= 11 is 0. The number of hydrogen-bond acceptors (Lipinski definition) is 5. The highest BCUT2D eigenvalue weighted by molar-refractivity contribution is 6.71. The molecule has 1 unspecified atom stereocenters. The Balaban J connectivity index is 1.70. The third-order valence-electron chi connectivity index (χ3n) is 5.31. The standard InChI is InChI=1S/C25H38N2O3Si/c1-6-7-17-31(4,5)30-20(2)11-9-8-10-12-22-18-26-25(27-19-22)23-13-15-24(16-14-23)29-21(3)28/h13-16,18-20H,6-12,17H2,1-5H3. The lowest BCUT2D eigenvalue weighted by Crippen LogP contribution is -2.34. The van der Waals surface area contributed by atoms with Crippen molar-refractivity contribution in [2.75, 3.05) is 0 Å². The molecular weight excluding hydrogens is 404 g/mol. The van der Waals surface area contributed by atoms with Gasteiger partial charge in [-0.2, -0.15) is 0 Å². The van der Waals surface area contributed by atoms with Gasteiger partial charge in [-0.25, -0.2) is 9.97 Å². The van der Waals surface area contributed by atoms with Crippen molar-refractivity contribution in [3.8, 4) is 17.1 Å². The van der Waals surface area contributed by atoms with Crippen LogP contribution in [0.1, 0.15) is 64.9 Å². The van der Waals surface area contributed by atoms with Crippen LogP contribution >= 0.6 is 0 Å². The van der Waals surface area contributed by atoms with Gasteiger partial charge in [0.15, 0.2) is 14.1 Å². The average molecular weight is 443 g/mol. The average Bonchev–Trinajstić information content (AvgIpc) is 2.72. The molecule has 2 rings (SSSR count). The maximum atomic E-state index is 11.0. The smallest absolute Gasteiger partial charge is 0.308 e. The number of aromatic nitrogens is 2. The Morgan fingerprint density at radius 1 is 1.03 bits per heavy atom. The van der Waals surface area contributed by atoms with Gasteiger partial charge in [-0.05, 0) is 75.2 Å². The Morgan fingerprint density at radius 3 is 2.32 bits per heavy atom. The molecule has 0 saturated carbocycles. The van der Waals surface area contributed by atoms with Gasteiger partial charge in [-0.15, -0.1) is 0 Å². The van der Waals surface area contributed by atoms with Crippen molar-refractivity contribution in [1.82, 2.24) is 9.97 Å². The van der Waals surface area contributed by atoms with Gasteiger partial charge in [0.25, 0.3) is 0 Å². The van der Waals surface area contributed by atoms with E-state index < -0.39 is 8.32 Å². The van der Waals surface area contributed by atoms with Crippen LogP contribution in [0, 0.1) is 0 Å². The van der Waals surface area contributed by atoms with Gasteiger partial charge < -0.3 is 9.16 Å². The molecule has 170 valence electrons. The summed E-state index contributed by atoms with van der Waals surface area (Å²) in [5, 5.41) is 0. The number of aryl methyl sites for hydroxylation is 1. The quantitative estimate of drug-likeness (QED) is 0.152. The molecule has 0 saturated heterocycles. The van der Waals surface area contributed by atoms with Gasteiger partial charge in [0, 0.05) is 31.0 Å². The van der Waals surface area contributed by atoms with Crippen molar-refractivity contribution in [3.63, 3.8) is 0 Å². The molecule has 0 aliphatic carbocycles. The molecule has 1 heterocycles. The number of esters is 1. The van der Waals surface area contributed by atoms with Crippen LogP contribution < -0.4 is 4.74 Å². The first-order chi connectivity index (χ1) is 14.8. The van der Waals surface area contributed by atoms with Crippen molar-refractivity contribution in [2.24, 2.45) is 0 Å². The Morgan fingerprint density at radius 2 is 1.71 bits per heavy atom. The summed E-state index contributed by atoms with van der Waals surface area (Å²) in [5.74, 6) is 0.881. The van der Waals surface area contributed by atoms with E-state index in [-0.39, 0.29) is 5.97 Å². The molecule has 31 heavy (non-hydrogen) atoms. The van der Waals surface area contributed by atoms with Crippen molar-refractivity contribution >= 4 is 14.3 Å².